The molecule has 0 amide bonds. The minimum atomic E-state index is -0.697. The molecule has 0 radical (unpaired) electrons. The highest BCUT2D eigenvalue weighted by molar-refractivity contribution is 7.59. The molecule has 36 heavy (non-hydrogen) atoms. The summed E-state index contributed by atoms with van der Waals surface area (Å²) in [5.41, 5.74) is 1.62. The first kappa shape index (κ1) is 25.0. The molecular formula is C23H25FN8O3S. The van der Waals surface area contributed by atoms with Gasteiger partial charge in [-0.05, 0) is 19.9 Å². The number of aromatic nitrogens is 7. The fourth-order valence-corrected chi connectivity index (χ4v) is 3.99. The first-order valence-electron chi connectivity index (χ1n) is 10.9. The van der Waals surface area contributed by atoms with E-state index in [1.54, 1.807) is 35.4 Å². The van der Waals surface area contributed by atoms with E-state index in [2.05, 4.69) is 35.3 Å². The zero-order valence-electron chi connectivity index (χ0n) is 20.0. The van der Waals surface area contributed by atoms with Gasteiger partial charge in [-0.1, -0.05) is 0 Å². The van der Waals surface area contributed by atoms with Gasteiger partial charge in [0.15, 0.2) is 17.3 Å². The van der Waals surface area contributed by atoms with Crippen molar-refractivity contribution < 1.29 is 13.9 Å². The Bertz CT molecular complexity index is 1600. The first-order valence-corrected chi connectivity index (χ1v) is 10.9. The molecule has 0 bridgehead atoms. The van der Waals surface area contributed by atoms with Crippen LogP contribution < -0.4 is 20.3 Å². The van der Waals surface area contributed by atoms with Gasteiger partial charge < -0.3 is 24.8 Å². The van der Waals surface area contributed by atoms with Gasteiger partial charge in [0.25, 0.3) is 5.56 Å². The van der Waals surface area contributed by atoms with Crippen LogP contribution in [0, 0.1) is 5.82 Å². The third-order valence-electron chi connectivity index (χ3n) is 5.68. The molecule has 0 aliphatic carbocycles. The van der Waals surface area contributed by atoms with Crippen LogP contribution in [-0.2, 0) is 6.54 Å². The third kappa shape index (κ3) is 4.11. The molecule has 1 aromatic carbocycles. The Kier molecular flexibility index (Phi) is 6.84. The second-order valence-corrected chi connectivity index (χ2v) is 7.83. The summed E-state index contributed by atoms with van der Waals surface area (Å²) < 4.78 is 27.3. The van der Waals surface area contributed by atoms with Crippen LogP contribution in [0.15, 0.2) is 35.5 Å². The minimum absolute atomic E-state index is 0. The van der Waals surface area contributed by atoms with Crippen molar-refractivity contribution in [2.75, 3.05) is 19.5 Å². The maximum absolute atomic E-state index is 15.2. The number of nitrogens with one attached hydrogen (secondary N) is 3. The second-order valence-electron chi connectivity index (χ2n) is 7.83. The first-order chi connectivity index (χ1) is 16.9. The number of aryl methyl sites for hydroxylation is 1. The average Bonchev–Trinajstić information content (AvgIpc) is 3.48. The number of H-pyrrole nitrogens is 2. The van der Waals surface area contributed by atoms with Crippen molar-refractivity contribution in [1.29, 1.82) is 0 Å². The number of aromatic amines is 2. The average molecular weight is 513 g/mol. The van der Waals surface area contributed by atoms with E-state index < -0.39 is 11.4 Å². The molecule has 4 aromatic heterocycles. The number of halogens is 1. The molecule has 11 nitrogen and oxygen atoms in total. The van der Waals surface area contributed by atoms with Crippen LogP contribution in [0.2, 0.25) is 0 Å². The smallest absolute Gasteiger partial charge is 0.261 e. The maximum Gasteiger partial charge on any atom is 0.261 e. The summed E-state index contributed by atoms with van der Waals surface area (Å²) in [6.45, 7) is 4.43. The van der Waals surface area contributed by atoms with Crippen molar-refractivity contribution in [1.82, 2.24) is 34.7 Å². The van der Waals surface area contributed by atoms with E-state index in [4.69, 9.17) is 9.47 Å². The van der Waals surface area contributed by atoms with E-state index in [0.717, 1.165) is 0 Å². The van der Waals surface area contributed by atoms with Gasteiger partial charge in [0, 0.05) is 31.2 Å². The Balaban J connectivity index is 0.00000304. The SMILES string of the molecule is CCn1cc2[nH]c(=O)c(-c3nc4c(F)c(OC)c(OC)cc4[nH]3)c(N[C@@H](C)c3ncccn3)c2n1.S. The lowest BCUT2D eigenvalue weighted by Gasteiger charge is -2.16. The van der Waals surface area contributed by atoms with Crippen LogP contribution in [0.3, 0.4) is 0 Å². The van der Waals surface area contributed by atoms with Gasteiger partial charge in [-0.2, -0.15) is 18.6 Å². The summed E-state index contributed by atoms with van der Waals surface area (Å²) in [7, 11) is 2.76. The van der Waals surface area contributed by atoms with Crippen LogP contribution in [0.5, 0.6) is 11.5 Å². The Hall–Kier alpha value is -4.13. The number of benzene rings is 1. The molecule has 4 heterocycles. The number of fused-ring (bicyclic) bond motifs is 2. The lowest BCUT2D eigenvalue weighted by Crippen LogP contribution is -2.17. The van der Waals surface area contributed by atoms with Crippen LogP contribution >= 0.6 is 13.5 Å². The predicted molar refractivity (Wildman–Crippen MR) is 139 cm³/mol. The van der Waals surface area contributed by atoms with E-state index >= 15 is 4.39 Å². The van der Waals surface area contributed by atoms with Gasteiger partial charge >= 0.3 is 0 Å². The summed E-state index contributed by atoms with van der Waals surface area (Å²) >= 11 is 0. The molecule has 0 saturated heterocycles. The Labute approximate surface area is 211 Å². The number of ether oxygens (including phenoxy) is 2. The molecule has 1 atom stereocenters. The lowest BCUT2D eigenvalue weighted by molar-refractivity contribution is 0.339. The summed E-state index contributed by atoms with van der Waals surface area (Å²) in [5.74, 6) is 0.126. The molecule has 0 fully saturated rings. The molecule has 3 N–H and O–H groups in total. The number of hydrogen-bond acceptors (Lipinski definition) is 8. The minimum Gasteiger partial charge on any atom is -0.493 e. The van der Waals surface area contributed by atoms with Gasteiger partial charge in [-0.15, -0.1) is 0 Å². The van der Waals surface area contributed by atoms with E-state index in [0.29, 0.717) is 34.6 Å². The zero-order chi connectivity index (χ0) is 24.7. The van der Waals surface area contributed by atoms with Crippen molar-refractivity contribution in [3.05, 3.63) is 52.7 Å². The molecule has 0 spiro atoms. The number of rotatable bonds is 7. The Morgan fingerprint density at radius 3 is 2.56 bits per heavy atom. The highest BCUT2D eigenvalue weighted by Gasteiger charge is 2.25. The van der Waals surface area contributed by atoms with E-state index in [9.17, 15) is 4.79 Å². The van der Waals surface area contributed by atoms with Crippen molar-refractivity contribution in [2.45, 2.75) is 26.4 Å². The molecule has 0 aliphatic rings. The monoisotopic (exact) mass is 512 g/mol. The molecule has 0 saturated carbocycles. The van der Waals surface area contributed by atoms with Crippen LogP contribution in [0.25, 0.3) is 33.5 Å². The zero-order valence-corrected chi connectivity index (χ0v) is 21.0. The number of imidazole rings is 1. The molecule has 5 rings (SSSR count). The quantitative estimate of drug-likeness (QED) is 0.301. The van der Waals surface area contributed by atoms with Crippen molar-refractivity contribution in [3.63, 3.8) is 0 Å². The van der Waals surface area contributed by atoms with Gasteiger partial charge in [0.1, 0.15) is 28.2 Å². The summed E-state index contributed by atoms with van der Waals surface area (Å²) in [5, 5.41) is 7.95. The van der Waals surface area contributed by atoms with Gasteiger partial charge in [-0.3, -0.25) is 9.48 Å². The molecular weight excluding hydrogens is 487 g/mol. The third-order valence-corrected chi connectivity index (χ3v) is 5.68. The normalized spacial score (nSPS) is 11.9. The molecule has 0 unspecified atom stereocenters. The standard InChI is InChI=1S/C23H23FN8O3.H2S/c1-5-32-10-13-18(31-32)19(27-11(2)21-25-7-6-8-26-21)15(23(33)29-13)22-28-12-9-14(34-3)20(35-4)16(24)17(12)30-22;/h6-11,27H,5H2,1-4H3,(H,28,30)(H,29,33);1H2/t11-;/m0./s1. The largest absolute Gasteiger partial charge is 0.493 e. The number of pyridine rings is 1. The molecule has 0 aliphatic heterocycles. The summed E-state index contributed by atoms with van der Waals surface area (Å²) in [6.07, 6.45) is 5.04. The highest BCUT2D eigenvalue weighted by Crippen LogP contribution is 2.38. The van der Waals surface area contributed by atoms with Gasteiger partial charge in [0.05, 0.1) is 37.0 Å². The molecule has 188 valence electrons. The summed E-state index contributed by atoms with van der Waals surface area (Å²) in [6, 6.07) is 2.93. The van der Waals surface area contributed by atoms with Crippen LogP contribution in [0.4, 0.5) is 10.1 Å². The lowest BCUT2D eigenvalue weighted by atomic mass is 10.1. The van der Waals surface area contributed by atoms with Gasteiger partial charge in [0.2, 0.25) is 0 Å². The van der Waals surface area contributed by atoms with Crippen molar-refractivity contribution in [3.8, 4) is 22.9 Å². The predicted octanol–water partition coefficient (Wildman–Crippen LogP) is 3.52. The van der Waals surface area contributed by atoms with E-state index in [1.165, 1.54) is 14.2 Å². The topological polar surface area (TPSA) is 136 Å². The number of hydrogen-bond donors (Lipinski definition) is 3. The molecule has 5 aromatic rings. The van der Waals surface area contributed by atoms with Crippen LogP contribution in [0.1, 0.15) is 25.7 Å². The maximum atomic E-state index is 15.2. The fourth-order valence-electron chi connectivity index (χ4n) is 3.99. The van der Waals surface area contributed by atoms with Crippen LogP contribution in [-0.4, -0.2) is 48.9 Å². The Morgan fingerprint density at radius 2 is 1.89 bits per heavy atom. The second kappa shape index (κ2) is 9.85. The fraction of sp³-hybridized carbons (Fsp3) is 0.261. The van der Waals surface area contributed by atoms with Gasteiger partial charge in [-0.25, -0.2) is 19.3 Å². The highest BCUT2D eigenvalue weighted by atomic mass is 32.1. The number of nitrogens with zero attached hydrogens (tertiary/aromatic N) is 5. The summed E-state index contributed by atoms with van der Waals surface area (Å²) in [4.78, 5) is 32.2. The van der Waals surface area contributed by atoms with Crippen molar-refractivity contribution in [2.24, 2.45) is 0 Å². The molecule has 13 heteroatoms. The van der Waals surface area contributed by atoms with E-state index in [-0.39, 0.29) is 47.9 Å². The number of anilines is 1. The Morgan fingerprint density at radius 1 is 1.14 bits per heavy atom. The van der Waals surface area contributed by atoms with Crippen molar-refractivity contribution >= 4 is 41.2 Å². The van der Waals surface area contributed by atoms with E-state index in [1.807, 2.05) is 13.8 Å². The number of methoxy groups -OCH3 is 2.